The molecule has 2 aromatic heterocycles. The van der Waals surface area contributed by atoms with Crippen molar-refractivity contribution in [3.05, 3.63) is 53.4 Å². The Hall–Kier alpha value is -1.72. The third-order valence-corrected chi connectivity index (χ3v) is 3.99. The summed E-state index contributed by atoms with van der Waals surface area (Å²) < 4.78 is 7.35. The van der Waals surface area contributed by atoms with Crippen molar-refractivity contribution in [2.75, 3.05) is 0 Å². The number of oxazole rings is 1. The lowest BCUT2D eigenvalue weighted by Crippen LogP contribution is -1.90. The highest BCUT2D eigenvalue weighted by Gasteiger charge is 2.09. The molecular formula is C14H12ClN3OS. The fourth-order valence-electron chi connectivity index (χ4n) is 1.77. The van der Waals surface area contributed by atoms with Crippen LogP contribution in [0, 0.1) is 0 Å². The van der Waals surface area contributed by atoms with E-state index in [1.807, 2.05) is 43.4 Å². The molecular weight excluding hydrogens is 294 g/mol. The molecule has 0 radical (unpaired) electrons. The van der Waals surface area contributed by atoms with Crippen LogP contribution in [0.15, 0.2) is 52.2 Å². The average Bonchev–Trinajstić information content (AvgIpc) is 3.05. The molecule has 0 aliphatic heterocycles. The van der Waals surface area contributed by atoms with Crippen molar-refractivity contribution in [3.8, 4) is 11.3 Å². The number of hydrogen-bond acceptors (Lipinski definition) is 4. The first-order valence-corrected chi connectivity index (χ1v) is 7.41. The average molecular weight is 306 g/mol. The first-order chi connectivity index (χ1) is 9.72. The number of aryl methyl sites for hydroxylation is 1. The van der Waals surface area contributed by atoms with Gasteiger partial charge in [0.15, 0.2) is 5.76 Å². The Balaban J connectivity index is 1.69. The zero-order valence-electron chi connectivity index (χ0n) is 10.8. The Bertz CT molecular complexity index is 689. The fraction of sp³-hybridized carbons (Fsp3) is 0.143. The van der Waals surface area contributed by atoms with Crippen molar-refractivity contribution < 1.29 is 4.42 Å². The van der Waals surface area contributed by atoms with Gasteiger partial charge < -0.3 is 4.42 Å². The summed E-state index contributed by atoms with van der Waals surface area (Å²) in [6, 6.07) is 11.7. The molecule has 0 spiro atoms. The molecule has 0 amide bonds. The maximum atomic E-state index is 5.95. The highest BCUT2D eigenvalue weighted by Crippen LogP contribution is 2.27. The van der Waals surface area contributed by atoms with Gasteiger partial charge in [-0.2, -0.15) is 5.10 Å². The van der Waals surface area contributed by atoms with Crippen molar-refractivity contribution in [1.82, 2.24) is 14.8 Å². The van der Waals surface area contributed by atoms with Crippen LogP contribution in [-0.2, 0) is 12.8 Å². The number of thioether (sulfide) groups is 1. The summed E-state index contributed by atoms with van der Waals surface area (Å²) in [7, 11) is 1.81. The molecule has 0 saturated heterocycles. The minimum atomic E-state index is 0.623. The molecule has 0 bridgehead atoms. The second-order valence-electron chi connectivity index (χ2n) is 4.23. The van der Waals surface area contributed by atoms with Gasteiger partial charge in [0.1, 0.15) is 5.15 Å². The maximum Gasteiger partial charge on any atom is 0.256 e. The minimum absolute atomic E-state index is 0.623. The van der Waals surface area contributed by atoms with E-state index in [-0.39, 0.29) is 0 Å². The second kappa shape index (κ2) is 5.73. The van der Waals surface area contributed by atoms with Crippen LogP contribution < -0.4 is 0 Å². The zero-order chi connectivity index (χ0) is 13.9. The Morgan fingerprint density at radius 3 is 2.80 bits per heavy atom. The lowest BCUT2D eigenvalue weighted by molar-refractivity contribution is 0.466. The van der Waals surface area contributed by atoms with E-state index in [0.29, 0.717) is 16.1 Å². The minimum Gasteiger partial charge on any atom is -0.431 e. The molecule has 0 saturated carbocycles. The summed E-state index contributed by atoms with van der Waals surface area (Å²) in [4.78, 5) is 4.27. The van der Waals surface area contributed by atoms with Gasteiger partial charge in [0.25, 0.3) is 5.22 Å². The van der Waals surface area contributed by atoms with Gasteiger partial charge in [0, 0.05) is 18.4 Å². The third kappa shape index (κ3) is 2.89. The van der Waals surface area contributed by atoms with Crippen LogP contribution in [0.4, 0.5) is 0 Å². The van der Waals surface area contributed by atoms with Gasteiger partial charge in [-0.1, -0.05) is 53.7 Å². The predicted molar refractivity (Wildman–Crippen MR) is 79.7 cm³/mol. The van der Waals surface area contributed by atoms with E-state index in [2.05, 4.69) is 10.1 Å². The monoisotopic (exact) mass is 305 g/mol. The van der Waals surface area contributed by atoms with Gasteiger partial charge in [0.2, 0.25) is 0 Å². The van der Waals surface area contributed by atoms with E-state index in [9.17, 15) is 0 Å². The molecule has 6 heteroatoms. The van der Waals surface area contributed by atoms with Crippen molar-refractivity contribution in [2.45, 2.75) is 11.0 Å². The Labute approximate surface area is 125 Å². The molecule has 3 aromatic rings. The molecule has 0 unspecified atom stereocenters. The van der Waals surface area contributed by atoms with Crippen LogP contribution >= 0.6 is 23.4 Å². The van der Waals surface area contributed by atoms with Crippen molar-refractivity contribution >= 4 is 23.4 Å². The van der Waals surface area contributed by atoms with Gasteiger partial charge >= 0.3 is 0 Å². The largest absolute Gasteiger partial charge is 0.431 e. The van der Waals surface area contributed by atoms with E-state index >= 15 is 0 Å². The molecule has 0 aliphatic rings. The molecule has 0 fully saturated rings. The Kier molecular flexibility index (Phi) is 3.80. The maximum absolute atomic E-state index is 5.95. The van der Waals surface area contributed by atoms with Gasteiger partial charge in [-0.25, -0.2) is 4.98 Å². The molecule has 20 heavy (non-hydrogen) atoms. The first kappa shape index (κ1) is 13.3. The Morgan fingerprint density at radius 1 is 1.30 bits per heavy atom. The third-order valence-electron chi connectivity index (χ3n) is 2.76. The second-order valence-corrected chi connectivity index (χ2v) is 5.54. The predicted octanol–water partition coefficient (Wildman–Crippen LogP) is 4.02. The molecule has 2 heterocycles. The van der Waals surface area contributed by atoms with Crippen LogP contribution in [0.25, 0.3) is 11.3 Å². The zero-order valence-corrected chi connectivity index (χ0v) is 12.4. The van der Waals surface area contributed by atoms with Gasteiger partial charge in [-0.3, -0.25) is 4.68 Å². The molecule has 0 atom stereocenters. The highest BCUT2D eigenvalue weighted by atomic mass is 35.5. The number of rotatable bonds is 4. The van der Waals surface area contributed by atoms with Crippen LogP contribution in [0.1, 0.15) is 5.69 Å². The van der Waals surface area contributed by atoms with Crippen LogP contribution in [0.2, 0.25) is 5.15 Å². The number of nitrogens with zero attached hydrogens (tertiary/aromatic N) is 3. The topological polar surface area (TPSA) is 43.9 Å². The van der Waals surface area contributed by atoms with Crippen LogP contribution in [0.5, 0.6) is 0 Å². The number of aromatic nitrogens is 3. The number of benzene rings is 1. The van der Waals surface area contributed by atoms with Gasteiger partial charge in [-0.05, 0) is 6.07 Å². The SMILES string of the molecule is Cn1nc(CSc2ncc(-c3ccccc3)o2)cc1Cl. The van der Waals surface area contributed by atoms with Crippen LogP contribution in [0.3, 0.4) is 0 Å². The highest BCUT2D eigenvalue weighted by molar-refractivity contribution is 7.98. The molecule has 0 N–H and O–H groups in total. The van der Waals surface area contributed by atoms with Gasteiger partial charge in [-0.15, -0.1) is 0 Å². The summed E-state index contributed by atoms with van der Waals surface area (Å²) in [5.74, 6) is 1.45. The summed E-state index contributed by atoms with van der Waals surface area (Å²) in [6.07, 6.45) is 1.74. The first-order valence-electron chi connectivity index (χ1n) is 6.05. The summed E-state index contributed by atoms with van der Waals surface area (Å²) in [5, 5.41) is 5.54. The van der Waals surface area contributed by atoms with Gasteiger partial charge in [0.05, 0.1) is 11.9 Å². The van der Waals surface area contributed by atoms with Crippen molar-refractivity contribution in [3.63, 3.8) is 0 Å². The van der Waals surface area contributed by atoms with E-state index in [1.54, 1.807) is 10.9 Å². The van der Waals surface area contributed by atoms with Crippen molar-refractivity contribution in [2.24, 2.45) is 7.05 Å². The molecule has 1 aromatic carbocycles. The molecule has 3 rings (SSSR count). The quantitative estimate of drug-likeness (QED) is 0.683. The Morgan fingerprint density at radius 2 is 2.10 bits per heavy atom. The normalized spacial score (nSPS) is 10.9. The van der Waals surface area contributed by atoms with E-state index in [0.717, 1.165) is 17.0 Å². The summed E-state index contributed by atoms with van der Waals surface area (Å²) in [5.41, 5.74) is 1.93. The fourth-order valence-corrected chi connectivity index (χ4v) is 2.62. The standard InChI is InChI=1S/C14H12ClN3OS/c1-18-13(15)7-11(17-18)9-20-14-16-8-12(19-14)10-5-3-2-4-6-10/h2-8H,9H2,1H3. The van der Waals surface area contributed by atoms with E-state index < -0.39 is 0 Å². The van der Waals surface area contributed by atoms with Crippen LogP contribution in [-0.4, -0.2) is 14.8 Å². The molecule has 0 aliphatic carbocycles. The number of hydrogen-bond donors (Lipinski definition) is 0. The lowest BCUT2D eigenvalue weighted by Gasteiger charge is -1.95. The molecule has 4 nitrogen and oxygen atoms in total. The molecule has 102 valence electrons. The lowest BCUT2D eigenvalue weighted by atomic mass is 10.2. The van der Waals surface area contributed by atoms with E-state index in [4.69, 9.17) is 16.0 Å². The number of halogens is 1. The summed E-state index contributed by atoms with van der Waals surface area (Å²) in [6.45, 7) is 0. The summed E-state index contributed by atoms with van der Waals surface area (Å²) >= 11 is 7.45. The van der Waals surface area contributed by atoms with Crippen molar-refractivity contribution in [1.29, 1.82) is 0 Å². The van der Waals surface area contributed by atoms with E-state index in [1.165, 1.54) is 11.8 Å². The smallest absolute Gasteiger partial charge is 0.256 e.